The number of benzene rings is 2. The molecule has 0 aromatic heterocycles. The minimum Gasteiger partial charge on any atom is -0.478 e. The molecule has 9 nitrogen and oxygen atoms in total. The SMILES string of the molecule is O=C(O)c1ccc(C(=O)N2CCN(C(=O)c3ccc([N+](=O)[O-])cc3)CC2)cc1. The number of carbonyl (C=O) groups excluding carboxylic acids is 2. The van der Waals surface area contributed by atoms with Crippen molar-refractivity contribution in [3.8, 4) is 0 Å². The van der Waals surface area contributed by atoms with Crippen LogP contribution in [0.25, 0.3) is 0 Å². The van der Waals surface area contributed by atoms with Gasteiger partial charge in [-0.3, -0.25) is 19.7 Å². The first-order valence-electron chi connectivity index (χ1n) is 8.53. The molecule has 0 aliphatic carbocycles. The summed E-state index contributed by atoms with van der Waals surface area (Å²) >= 11 is 0. The van der Waals surface area contributed by atoms with Gasteiger partial charge in [0.05, 0.1) is 10.5 Å². The molecule has 0 atom stereocenters. The third-order valence-electron chi connectivity index (χ3n) is 4.56. The van der Waals surface area contributed by atoms with Gasteiger partial charge in [0, 0.05) is 49.4 Å². The van der Waals surface area contributed by atoms with E-state index in [1.807, 2.05) is 0 Å². The first-order chi connectivity index (χ1) is 13.4. The first kappa shape index (κ1) is 19.0. The lowest BCUT2D eigenvalue weighted by molar-refractivity contribution is -0.384. The van der Waals surface area contributed by atoms with Crippen molar-refractivity contribution in [2.75, 3.05) is 26.2 Å². The molecule has 0 bridgehead atoms. The number of aromatic carboxylic acids is 1. The molecule has 0 saturated carbocycles. The van der Waals surface area contributed by atoms with Crippen LogP contribution in [0.1, 0.15) is 31.1 Å². The zero-order valence-corrected chi connectivity index (χ0v) is 14.8. The monoisotopic (exact) mass is 383 g/mol. The zero-order chi connectivity index (χ0) is 20.3. The second-order valence-electron chi connectivity index (χ2n) is 6.27. The molecule has 144 valence electrons. The van der Waals surface area contributed by atoms with E-state index in [1.54, 1.807) is 9.80 Å². The number of hydrogen-bond acceptors (Lipinski definition) is 5. The van der Waals surface area contributed by atoms with Crippen LogP contribution >= 0.6 is 0 Å². The molecule has 1 fully saturated rings. The number of nitrogens with zero attached hydrogens (tertiary/aromatic N) is 3. The fraction of sp³-hybridized carbons (Fsp3) is 0.211. The maximum absolute atomic E-state index is 12.5. The van der Waals surface area contributed by atoms with Gasteiger partial charge in [-0.05, 0) is 36.4 Å². The van der Waals surface area contributed by atoms with Crippen molar-refractivity contribution in [2.45, 2.75) is 0 Å². The van der Waals surface area contributed by atoms with Crippen LogP contribution in [0, 0.1) is 10.1 Å². The van der Waals surface area contributed by atoms with Crippen LogP contribution in [-0.4, -0.2) is 63.8 Å². The van der Waals surface area contributed by atoms with Crippen LogP contribution in [0.2, 0.25) is 0 Å². The molecule has 1 heterocycles. The molecule has 1 aliphatic heterocycles. The average Bonchev–Trinajstić information content (AvgIpc) is 2.73. The summed E-state index contributed by atoms with van der Waals surface area (Å²) in [6.45, 7) is 1.38. The van der Waals surface area contributed by atoms with E-state index in [1.165, 1.54) is 48.5 Å². The number of non-ortho nitro benzene ring substituents is 1. The number of hydrogen-bond donors (Lipinski definition) is 1. The van der Waals surface area contributed by atoms with Gasteiger partial charge in [0.1, 0.15) is 0 Å². The molecular weight excluding hydrogens is 366 g/mol. The zero-order valence-electron chi connectivity index (χ0n) is 14.8. The van der Waals surface area contributed by atoms with Gasteiger partial charge in [0.15, 0.2) is 0 Å². The fourth-order valence-corrected chi connectivity index (χ4v) is 2.96. The van der Waals surface area contributed by atoms with Crippen molar-refractivity contribution in [3.05, 3.63) is 75.3 Å². The fourth-order valence-electron chi connectivity index (χ4n) is 2.96. The summed E-state index contributed by atoms with van der Waals surface area (Å²) < 4.78 is 0. The highest BCUT2D eigenvalue weighted by molar-refractivity contribution is 5.97. The van der Waals surface area contributed by atoms with E-state index >= 15 is 0 Å². The van der Waals surface area contributed by atoms with Crippen LogP contribution in [0.3, 0.4) is 0 Å². The van der Waals surface area contributed by atoms with Gasteiger partial charge in [-0.2, -0.15) is 0 Å². The van der Waals surface area contributed by atoms with Gasteiger partial charge in [0.2, 0.25) is 0 Å². The number of nitro groups is 1. The van der Waals surface area contributed by atoms with Crippen LogP contribution < -0.4 is 0 Å². The van der Waals surface area contributed by atoms with E-state index in [4.69, 9.17) is 5.11 Å². The summed E-state index contributed by atoms with van der Waals surface area (Å²) in [5.41, 5.74) is 0.769. The van der Waals surface area contributed by atoms with Crippen molar-refractivity contribution in [1.29, 1.82) is 0 Å². The largest absolute Gasteiger partial charge is 0.478 e. The van der Waals surface area contributed by atoms with Crippen LogP contribution in [0.15, 0.2) is 48.5 Å². The molecule has 28 heavy (non-hydrogen) atoms. The number of carboxylic acids is 1. The summed E-state index contributed by atoms with van der Waals surface area (Å²) in [4.78, 5) is 49.3. The predicted octanol–water partition coefficient (Wildman–Crippen LogP) is 1.89. The summed E-state index contributed by atoms with van der Waals surface area (Å²) in [5.74, 6) is -1.52. The Hall–Kier alpha value is -3.75. The highest BCUT2D eigenvalue weighted by atomic mass is 16.6. The third kappa shape index (κ3) is 3.98. The Morgan fingerprint density at radius 2 is 1.11 bits per heavy atom. The summed E-state index contributed by atoms with van der Waals surface area (Å²) in [7, 11) is 0. The maximum atomic E-state index is 12.5. The quantitative estimate of drug-likeness (QED) is 0.636. The Balaban J connectivity index is 1.60. The van der Waals surface area contributed by atoms with Crippen molar-refractivity contribution in [2.24, 2.45) is 0 Å². The number of carbonyl (C=O) groups is 3. The van der Waals surface area contributed by atoms with Crippen LogP contribution in [0.5, 0.6) is 0 Å². The van der Waals surface area contributed by atoms with E-state index in [2.05, 4.69) is 0 Å². The lowest BCUT2D eigenvalue weighted by Gasteiger charge is -2.34. The summed E-state index contributed by atoms with van der Waals surface area (Å²) in [6.07, 6.45) is 0. The van der Waals surface area contributed by atoms with E-state index in [0.717, 1.165) is 0 Å². The molecular formula is C19H17N3O6. The van der Waals surface area contributed by atoms with E-state index in [-0.39, 0.29) is 23.1 Å². The molecule has 1 aliphatic rings. The normalized spacial score (nSPS) is 13.9. The summed E-state index contributed by atoms with van der Waals surface area (Å²) in [5, 5.41) is 19.6. The van der Waals surface area contributed by atoms with Crippen molar-refractivity contribution in [3.63, 3.8) is 0 Å². The standard InChI is InChI=1S/C19H17N3O6/c23-17(13-1-3-15(4-2-13)19(25)26)20-9-11-21(12-10-20)18(24)14-5-7-16(8-6-14)22(27)28/h1-8H,9-12H2,(H,25,26). The van der Waals surface area contributed by atoms with E-state index in [9.17, 15) is 24.5 Å². The molecule has 2 aromatic rings. The molecule has 0 radical (unpaired) electrons. The van der Waals surface area contributed by atoms with Crippen LogP contribution in [0.4, 0.5) is 5.69 Å². The minimum atomic E-state index is -1.06. The highest BCUT2D eigenvalue weighted by Gasteiger charge is 2.26. The lowest BCUT2D eigenvalue weighted by Crippen LogP contribution is -2.50. The van der Waals surface area contributed by atoms with Crippen molar-refractivity contribution in [1.82, 2.24) is 9.80 Å². The average molecular weight is 383 g/mol. The maximum Gasteiger partial charge on any atom is 0.335 e. The molecule has 0 spiro atoms. The highest BCUT2D eigenvalue weighted by Crippen LogP contribution is 2.16. The molecule has 0 unspecified atom stereocenters. The Bertz CT molecular complexity index is 838. The number of nitro benzene ring substituents is 1. The van der Waals surface area contributed by atoms with Gasteiger partial charge in [-0.25, -0.2) is 4.79 Å². The summed E-state index contributed by atoms with van der Waals surface area (Å²) in [6, 6.07) is 11.1. The molecule has 1 saturated heterocycles. The molecule has 2 amide bonds. The second-order valence-corrected chi connectivity index (χ2v) is 6.27. The molecule has 9 heteroatoms. The number of carboxylic acid groups (broad SMARTS) is 1. The topological polar surface area (TPSA) is 121 Å². The van der Waals surface area contributed by atoms with Gasteiger partial charge in [-0.1, -0.05) is 0 Å². The van der Waals surface area contributed by atoms with E-state index in [0.29, 0.717) is 37.3 Å². The smallest absolute Gasteiger partial charge is 0.335 e. The number of amides is 2. The molecule has 2 aromatic carbocycles. The number of rotatable bonds is 4. The number of piperazine rings is 1. The van der Waals surface area contributed by atoms with Crippen molar-refractivity contribution < 1.29 is 24.4 Å². The lowest BCUT2D eigenvalue weighted by atomic mass is 10.1. The molecule has 1 N–H and O–H groups in total. The predicted molar refractivity (Wildman–Crippen MR) is 98.3 cm³/mol. The van der Waals surface area contributed by atoms with Crippen LogP contribution in [-0.2, 0) is 0 Å². The third-order valence-corrected chi connectivity index (χ3v) is 4.56. The Morgan fingerprint density at radius 1 is 0.750 bits per heavy atom. The van der Waals surface area contributed by atoms with Gasteiger partial charge in [-0.15, -0.1) is 0 Å². The Labute approximate surface area is 159 Å². The van der Waals surface area contributed by atoms with Gasteiger partial charge < -0.3 is 14.9 Å². The first-order valence-corrected chi connectivity index (χ1v) is 8.53. The Kier molecular flexibility index (Phi) is 5.35. The molecule has 3 rings (SSSR count). The van der Waals surface area contributed by atoms with Gasteiger partial charge in [0.25, 0.3) is 17.5 Å². The second kappa shape index (κ2) is 7.87. The minimum absolute atomic E-state index is 0.0825. The van der Waals surface area contributed by atoms with Crippen molar-refractivity contribution >= 4 is 23.5 Å². The Morgan fingerprint density at radius 3 is 1.46 bits per heavy atom. The van der Waals surface area contributed by atoms with E-state index < -0.39 is 10.9 Å². The van der Waals surface area contributed by atoms with Gasteiger partial charge >= 0.3 is 5.97 Å².